The number of rotatable bonds is 4. The molecule has 3 aromatic rings. The smallest absolute Gasteiger partial charge is 0.416 e. The average Bonchev–Trinajstić information content (AvgIpc) is 2.83. The number of benzene rings is 2. The monoisotopic (exact) mass is 469 g/mol. The molecule has 5 atom stereocenters. The molecule has 0 amide bonds. The second kappa shape index (κ2) is 7.43. The van der Waals surface area contributed by atoms with E-state index in [0.29, 0.717) is 12.5 Å². The molecule has 34 heavy (non-hydrogen) atoms. The van der Waals surface area contributed by atoms with Crippen molar-refractivity contribution in [3.05, 3.63) is 71.4 Å². The fourth-order valence-electron chi connectivity index (χ4n) is 7.00. The number of nitrogens with zero attached hydrogens (tertiary/aromatic N) is 2. The summed E-state index contributed by atoms with van der Waals surface area (Å²) in [6.07, 6.45) is 0.353. The maximum Gasteiger partial charge on any atom is 0.416 e. The number of piperidine rings is 3. The summed E-state index contributed by atoms with van der Waals surface area (Å²) in [4.78, 5) is 4.47. The normalized spacial score (nSPS) is 32.4. The Balaban J connectivity index is 1.42. The summed E-state index contributed by atoms with van der Waals surface area (Å²) in [5, 5.41) is 11.1. The first-order chi connectivity index (χ1) is 16.2. The van der Waals surface area contributed by atoms with Crippen LogP contribution in [0.2, 0.25) is 0 Å². The van der Waals surface area contributed by atoms with E-state index < -0.39 is 11.7 Å². The first kappa shape index (κ1) is 21.9. The molecule has 5 aliphatic heterocycles. The van der Waals surface area contributed by atoms with Crippen LogP contribution in [0.3, 0.4) is 0 Å². The van der Waals surface area contributed by atoms with Crippen molar-refractivity contribution in [3.63, 3.8) is 0 Å². The fourth-order valence-corrected chi connectivity index (χ4v) is 7.00. The van der Waals surface area contributed by atoms with Crippen molar-refractivity contribution in [2.45, 2.75) is 56.7 Å². The molecule has 5 saturated heterocycles. The molecule has 5 fully saturated rings. The van der Waals surface area contributed by atoms with Crippen LogP contribution >= 0.6 is 0 Å². The molecule has 0 aliphatic carbocycles. The number of hydrogen-bond donors (Lipinski definition) is 1. The summed E-state index contributed by atoms with van der Waals surface area (Å²) in [7, 11) is 0. The van der Waals surface area contributed by atoms with E-state index in [-0.39, 0.29) is 23.5 Å². The number of aromatic hydroxyl groups is 1. The number of quaternary nitrogens is 1. The van der Waals surface area contributed by atoms with E-state index >= 15 is 0 Å². The van der Waals surface area contributed by atoms with Crippen LogP contribution in [0.25, 0.3) is 10.9 Å². The van der Waals surface area contributed by atoms with Gasteiger partial charge in [0.25, 0.3) is 0 Å². The van der Waals surface area contributed by atoms with Gasteiger partial charge in [-0.1, -0.05) is 19.1 Å². The van der Waals surface area contributed by atoms with E-state index in [0.717, 1.165) is 58.9 Å². The van der Waals surface area contributed by atoms with Gasteiger partial charge in [0.1, 0.15) is 36.6 Å². The zero-order chi connectivity index (χ0) is 23.7. The summed E-state index contributed by atoms with van der Waals surface area (Å²) in [6, 6.07) is 13.1. The number of phenolic OH excluding ortho intramolecular Hbond substituents is 1. The van der Waals surface area contributed by atoms with Gasteiger partial charge in [-0.2, -0.15) is 13.2 Å². The topological polar surface area (TPSA) is 42.4 Å². The Hall–Kier alpha value is -2.64. The molecule has 0 radical (unpaired) electrons. The summed E-state index contributed by atoms with van der Waals surface area (Å²) in [5.74, 6) is 0.705. The zero-order valence-electron chi connectivity index (χ0n) is 19.1. The number of ether oxygens (including phenoxy) is 1. The Bertz CT molecular complexity index is 1240. The maximum absolute atomic E-state index is 13.1. The third-order valence-corrected chi connectivity index (χ3v) is 8.63. The second-order valence-corrected chi connectivity index (χ2v) is 10.3. The molecule has 178 valence electrons. The molecule has 2 aromatic carbocycles. The van der Waals surface area contributed by atoms with Gasteiger partial charge in [0.2, 0.25) is 0 Å². The van der Waals surface area contributed by atoms with Gasteiger partial charge in [0.05, 0.1) is 17.6 Å². The molecule has 1 aromatic heterocycles. The van der Waals surface area contributed by atoms with Crippen LogP contribution in [0.4, 0.5) is 13.2 Å². The lowest BCUT2D eigenvalue weighted by Gasteiger charge is -2.68. The molecule has 6 heterocycles. The lowest BCUT2D eigenvalue weighted by atomic mass is 9.64. The van der Waals surface area contributed by atoms with Crippen molar-refractivity contribution >= 4 is 10.9 Å². The SMILES string of the molecule is CCC12C[N+]3(Cc4ccc(C(F)(F)F)cc4)CCC1C[C@@H]3[C@H](c1ccnc3ccc(O)cc13)O2. The summed E-state index contributed by atoms with van der Waals surface area (Å²) in [6.45, 7) is 4.78. The first-order valence-corrected chi connectivity index (χ1v) is 12.0. The van der Waals surface area contributed by atoms with Gasteiger partial charge in [-0.15, -0.1) is 0 Å². The Labute approximate surface area is 196 Å². The Morgan fingerprint density at radius 3 is 2.68 bits per heavy atom. The Morgan fingerprint density at radius 2 is 1.94 bits per heavy atom. The van der Waals surface area contributed by atoms with Crippen molar-refractivity contribution in [1.29, 1.82) is 0 Å². The number of morpholine rings is 1. The summed E-state index contributed by atoms with van der Waals surface area (Å²) >= 11 is 0. The molecular formula is C27H28F3N2O2+. The molecule has 5 aliphatic rings. The molecule has 3 unspecified atom stereocenters. The molecule has 0 saturated carbocycles. The number of phenols is 1. The number of pyridine rings is 1. The predicted molar refractivity (Wildman–Crippen MR) is 122 cm³/mol. The quantitative estimate of drug-likeness (QED) is 0.478. The Morgan fingerprint density at radius 1 is 1.15 bits per heavy atom. The average molecular weight is 470 g/mol. The van der Waals surface area contributed by atoms with Gasteiger partial charge < -0.3 is 14.3 Å². The lowest BCUT2D eigenvalue weighted by Crippen LogP contribution is -2.78. The van der Waals surface area contributed by atoms with Crippen LogP contribution in [0.5, 0.6) is 5.75 Å². The number of hydrogen-bond acceptors (Lipinski definition) is 3. The van der Waals surface area contributed by atoms with Crippen LogP contribution in [0.15, 0.2) is 54.7 Å². The van der Waals surface area contributed by atoms with Gasteiger partial charge in [-0.3, -0.25) is 4.98 Å². The van der Waals surface area contributed by atoms with Crippen molar-refractivity contribution in [3.8, 4) is 5.75 Å². The lowest BCUT2D eigenvalue weighted by molar-refractivity contribution is -1.00. The number of halogens is 3. The van der Waals surface area contributed by atoms with Crippen LogP contribution in [0.1, 0.15) is 49.0 Å². The predicted octanol–water partition coefficient (Wildman–Crippen LogP) is 5.99. The third-order valence-electron chi connectivity index (χ3n) is 8.63. The molecule has 4 nitrogen and oxygen atoms in total. The molecule has 4 bridgehead atoms. The van der Waals surface area contributed by atoms with E-state index in [1.54, 1.807) is 30.5 Å². The van der Waals surface area contributed by atoms with E-state index in [1.165, 1.54) is 12.1 Å². The van der Waals surface area contributed by atoms with Crippen molar-refractivity contribution < 1.29 is 27.5 Å². The van der Waals surface area contributed by atoms with Gasteiger partial charge in [-0.05, 0) is 48.4 Å². The van der Waals surface area contributed by atoms with E-state index in [2.05, 4.69) is 11.9 Å². The third kappa shape index (κ3) is 3.24. The zero-order valence-corrected chi connectivity index (χ0v) is 19.1. The fraction of sp³-hybridized carbons (Fsp3) is 0.444. The minimum atomic E-state index is -4.33. The van der Waals surface area contributed by atoms with Crippen LogP contribution in [-0.4, -0.2) is 39.3 Å². The molecular weight excluding hydrogens is 441 g/mol. The van der Waals surface area contributed by atoms with Gasteiger partial charge >= 0.3 is 6.18 Å². The second-order valence-electron chi connectivity index (χ2n) is 10.3. The maximum atomic E-state index is 13.1. The standard InChI is InChI=1S/C27H27F3N2O2/c1-2-26-16-32(15-17-3-5-18(6-4-17)27(28,29)30)12-10-19(26)13-24(32)25(34-26)21-9-11-31-23-8-7-20(33)14-22(21)23/h3-9,11,14,19,24-25H,2,10,12-13,15-16H2,1H3/p+1/t19?,24-,25+,26?,32?/m1/s1. The highest BCUT2D eigenvalue weighted by atomic mass is 19.4. The van der Waals surface area contributed by atoms with Crippen LogP contribution < -0.4 is 0 Å². The molecule has 1 N–H and O–H groups in total. The highest BCUT2D eigenvalue weighted by Gasteiger charge is 2.67. The number of alkyl halides is 3. The number of fused-ring (bicyclic) bond motifs is 3. The minimum Gasteiger partial charge on any atom is -0.508 e. The molecule has 8 rings (SSSR count). The molecule has 7 heteroatoms. The van der Waals surface area contributed by atoms with E-state index in [9.17, 15) is 18.3 Å². The van der Waals surface area contributed by atoms with Crippen LogP contribution in [0, 0.1) is 5.92 Å². The van der Waals surface area contributed by atoms with E-state index in [1.807, 2.05) is 12.1 Å². The van der Waals surface area contributed by atoms with Crippen molar-refractivity contribution in [2.24, 2.45) is 5.92 Å². The van der Waals surface area contributed by atoms with E-state index in [4.69, 9.17) is 4.74 Å². The highest BCUT2D eigenvalue weighted by Crippen LogP contribution is 2.58. The van der Waals surface area contributed by atoms with Gasteiger partial charge in [-0.25, -0.2) is 0 Å². The van der Waals surface area contributed by atoms with Crippen LogP contribution in [-0.2, 0) is 17.5 Å². The summed E-state index contributed by atoms with van der Waals surface area (Å²) in [5.41, 5.74) is 1.94. The largest absolute Gasteiger partial charge is 0.508 e. The van der Waals surface area contributed by atoms with Gasteiger partial charge in [0, 0.05) is 35.9 Å². The minimum absolute atomic E-state index is 0.146. The van der Waals surface area contributed by atoms with Gasteiger partial charge in [0.15, 0.2) is 0 Å². The molecule has 0 spiro atoms. The van der Waals surface area contributed by atoms with Crippen molar-refractivity contribution in [2.75, 3.05) is 13.1 Å². The highest BCUT2D eigenvalue weighted by molar-refractivity contribution is 5.83. The van der Waals surface area contributed by atoms with Crippen molar-refractivity contribution in [1.82, 2.24) is 4.98 Å². The summed E-state index contributed by atoms with van der Waals surface area (Å²) < 4.78 is 47.1. The first-order valence-electron chi connectivity index (χ1n) is 12.0. The Kier molecular flexibility index (Phi) is 4.78. The number of aromatic nitrogens is 1.